The Morgan fingerprint density at radius 3 is 2.55 bits per heavy atom. The maximum absolute atomic E-state index is 6.00. The molecule has 0 unspecified atom stereocenters. The smallest absolute Gasteiger partial charge is 0.220 e. The van der Waals surface area contributed by atoms with E-state index in [4.69, 9.17) is 20.9 Å². The van der Waals surface area contributed by atoms with Crippen LogP contribution in [0.5, 0.6) is 11.5 Å². The molecule has 2 aliphatic heterocycles. The van der Waals surface area contributed by atoms with Gasteiger partial charge in [0.25, 0.3) is 0 Å². The summed E-state index contributed by atoms with van der Waals surface area (Å²) in [6, 6.07) is 5.62. The number of benzene rings is 1. The van der Waals surface area contributed by atoms with E-state index in [1.165, 1.54) is 0 Å². The van der Waals surface area contributed by atoms with Crippen molar-refractivity contribution in [2.75, 3.05) is 18.1 Å². The average molecular weight is 275 g/mol. The van der Waals surface area contributed by atoms with Gasteiger partial charge in [0.05, 0.1) is 5.69 Å². The molecule has 1 aromatic carbocycles. The number of guanidine groups is 2. The molecule has 0 amide bonds. The third-order valence-corrected chi connectivity index (χ3v) is 3.18. The fourth-order valence-corrected chi connectivity index (χ4v) is 2.42. The van der Waals surface area contributed by atoms with Crippen molar-refractivity contribution in [2.45, 2.75) is 19.5 Å². The molecule has 20 heavy (non-hydrogen) atoms. The molecule has 0 atom stereocenters. The van der Waals surface area contributed by atoms with Crippen molar-refractivity contribution in [1.29, 1.82) is 0 Å². The van der Waals surface area contributed by atoms with Crippen LogP contribution in [0.25, 0.3) is 0 Å². The van der Waals surface area contributed by atoms with Gasteiger partial charge in [-0.1, -0.05) is 0 Å². The predicted molar refractivity (Wildman–Crippen MR) is 77.2 cm³/mol. The minimum Gasteiger partial charge on any atom is -0.486 e. The van der Waals surface area contributed by atoms with Crippen LogP contribution in [0.1, 0.15) is 13.8 Å². The summed E-state index contributed by atoms with van der Waals surface area (Å²) < 4.78 is 11.1. The minimum absolute atomic E-state index is 0.182. The maximum atomic E-state index is 6.00. The zero-order valence-electron chi connectivity index (χ0n) is 11.5. The first-order valence-corrected chi connectivity index (χ1v) is 6.37. The number of hydrogen-bond donors (Lipinski definition) is 2. The fraction of sp³-hybridized carbons (Fsp3) is 0.385. The molecule has 0 aliphatic carbocycles. The lowest BCUT2D eigenvalue weighted by molar-refractivity contribution is 0.171. The summed E-state index contributed by atoms with van der Waals surface area (Å²) in [5.41, 5.74) is 11.9. The zero-order chi connectivity index (χ0) is 14.3. The first kappa shape index (κ1) is 12.6. The summed E-state index contributed by atoms with van der Waals surface area (Å²) >= 11 is 0. The molecule has 0 saturated carbocycles. The number of nitrogens with zero attached hydrogens (tertiary/aromatic N) is 3. The second kappa shape index (κ2) is 4.29. The highest BCUT2D eigenvalue weighted by molar-refractivity contribution is 6.05. The summed E-state index contributed by atoms with van der Waals surface area (Å²) in [5.74, 6) is 1.91. The highest BCUT2D eigenvalue weighted by Gasteiger charge is 2.33. The summed E-state index contributed by atoms with van der Waals surface area (Å²) in [7, 11) is 0. The van der Waals surface area contributed by atoms with Crippen molar-refractivity contribution in [1.82, 2.24) is 0 Å². The summed E-state index contributed by atoms with van der Waals surface area (Å²) in [6.07, 6.45) is 0. The minimum atomic E-state index is -0.611. The second-order valence-electron chi connectivity index (χ2n) is 5.10. The maximum Gasteiger partial charge on any atom is 0.220 e. The van der Waals surface area contributed by atoms with E-state index >= 15 is 0 Å². The number of aliphatic imine (C=N–C) groups is 2. The van der Waals surface area contributed by atoms with E-state index < -0.39 is 5.66 Å². The van der Waals surface area contributed by atoms with Gasteiger partial charge in [-0.3, -0.25) is 4.90 Å². The van der Waals surface area contributed by atoms with Gasteiger partial charge in [0.15, 0.2) is 11.5 Å². The summed E-state index contributed by atoms with van der Waals surface area (Å²) in [5, 5.41) is 0. The average Bonchev–Trinajstić information content (AvgIpc) is 2.36. The molecule has 106 valence electrons. The molecule has 7 heteroatoms. The molecule has 3 rings (SSSR count). The Hall–Kier alpha value is -2.44. The number of anilines is 1. The van der Waals surface area contributed by atoms with Crippen LogP contribution in [-0.2, 0) is 0 Å². The van der Waals surface area contributed by atoms with Crippen LogP contribution < -0.4 is 25.8 Å². The van der Waals surface area contributed by atoms with Crippen LogP contribution in [0.4, 0.5) is 5.69 Å². The molecule has 0 aromatic heterocycles. The molecule has 0 bridgehead atoms. The lowest BCUT2D eigenvalue weighted by Crippen LogP contribution is -2.54. The number of ether oxygens (including phenoxy) is 2. The summed E-state index contributed by atoms with van der Waals surface area (Å²) in [6.45, 7) is 4.93. The largest absolute Gasteiger partial charge is 0.486 e. The lowest BCUT2D eigenvalue weighted by Gasteiger charge is -2.38. The van der Waals surface area contributed by atoms with E-state index in [0.717, 1.165) is 11.4 Å². The summed E-state index contributed by atoms with van der Waals surface area (Å²) in [4.78, 5) is 10.1. The van der Waals surface area contributed by atoms with E-state index in [9.17, 15) is 0 Å². The lowest BCUT2D eigenvalue weighted by atomic mass is 10.1. The van der Waals surface area contributed by atoms with E-state index in [1.54, 1.807) is 0 Å². The molecule has 0 saturated heterocycles. The standard InChI is InChI=1S/C13H17N5O2/c1-13(2)17-11(14)16-12(15)18(13)8-3-4-9-10(7-8)20-6-5-19-9/h3-4,7H,5-6H2,1-2H3,(H4,14,15,16,17). The first-order valence-electron chi connectivity index (χ1n) is 6.37. The Labute approximate surface area is 116 Å². The normalized spacial score (nSPS) is 20.2. The third kappa shape index (κ3) is 2.01. The van der Waals surface area contributed by atoms with Crippen LogP contribution in [0.3, 0.4) is 0 Å². The molecule has 0 fully saturated rings. The van der Waals surface area contributed by atoms with Gasteiger partial charge in [-0.05, 0) is 26.0 Å². The number of nitrogens with two attached hydrogens (primary N) is 2. The predicted octanol–water partition coefficient (Wildman–Crippen LogP) is 0.643. The van der Waals surface area contributed by atoms with E-state index in [1.807, 2.05) is 36.9 Å². The fourth-order valence-electron chi connectivity index (χ4n) is 2.42. The topological polar surface area (TPSA) is 98.5 Å². The Kier molecular flexibility index (Phi) is 2.70. The Balaban J connectivity index is 2.02. The SMILES string of the molecule is CC1(C)N=C(N)N=C(N)N1c1ccc2c(c1)OCCO2. The number of hydrogen-bond acceptors (Lipinski definition) is 7. The van der Waals surface area contributed by atoms with Gasteiger partial charge < -0.3 is 20.9 Å². The van der Waals surface area contributed by atoms with Crippen molar-refractivity contribution in [2.24, 2.45) is 21.5 Å². The molecular formula is C13H17N5O2. The van der Waals surface area contributed by atoms with Crippen LogP contribution in [0, 0.1) is 0 Å². The van der Waals surface area contributed by atoms with Crippen LogP contribution in [0.15, 0.2) is 28.2 Å². The van der Waals surface area contributed by atoms with Crippen molar-refractivity contribution in [3.05, 3.63) is 18.2 Å². The first-order chi connectivity index (χ1) is 9.47. The molecule has 4 N–H and O–H groups in total. The van der Waals surface area contributed by atoms with Crippen molar-refractivity contribution in [3.8, 4) is 11.5 Å². The quantitative estimate of drug-likeness (QED) is 0.783. The van der Waals surface area contributed by atoms with E-state index in [0.29, 0.717) is 24.9 Å². The molecule has 2 heterocycles. The van der Waals surface area contributed by atoms with Crippen LogP contribution >= 0.6 is 0 Å². The van der Waals surface area contributed by atoms with Crippen LogP contribution in [-0.4, -0.2) is 30.8 Å². The molecule has 1 aromatic rings. The van der Waals surface area contributed by atoms with Gasteiger partial charge in [-0.2, -0.15) is 4.99 Å². The molecule has 0 radical (unpaired) electrons. The number of fused-ring (bicyclic) bond motifs is 1. The molecule has 0 spiro atoms. The highest BCUT2D eigenvalue weighted by atomic mass is 16.6. The molecular weight excluding hydrogens is 258 g/mol. The second-order valence-corrected chi connectivity index (χ2v) is 5.10. The van der Waals surface area contributed by atoms with Gasteiger partial charge in [-0.15, -0.1) is 0 Å². The van der Waals surface area contributed by atoms with Crippen molar-refractivity contribution < 1.29 is 9.47 Å². The van der Waals surface area contributed by atoms with E-state index in [2.05, 4.69) is 9.98 Å². The Morgan fingerprint density at radius 1 is 1.15 bits per heavy atom. The third-order valence-electron chi connectivity index (χ3n) is 3.18. The van der Waals surface area contributed by atoms with Crippen molar-refractivity contribution >= 4 is 17.6 Å². The monoisotopic (exact) mass is 275 g/mol. The number of rotatable bonds is 1. The Morgan fingerprint density at radius 2 is 1.85 bits per heavy atom. The highest BCUT2D eigenvalue weighted by Crippen LogP contribution is 2.36. The van der Waals surface area contributed by atoms with Gasteiger partial charge in [0, 0.05) is 6.07 Å². The van der Waals surface area contributed by atoms with Gasteiger partial charge in [-0.25, -0.2) is 4.99 Å². The van der Waals surface area contributed by atoms with E-state index in [-0.39, 0.29) is 5.96 Å². The molecule has 2 aliphatic rings. The Bertz CT molecular complexity index is 609. The van der Waals surface area contributed by atoms with Crippen molar-refractivity contribution in [3.63, 3.8) is 0 Å². The van der Waals surface area contributed by atoms with Crippen LogP contribution in [0.2, 0.25) is 0 Å². The molecule has 7 nitrogen and oxygen atoms in total. The van der Waals surface area contributed by atoms with Gasteiger partial charge in [0.2, 0.25) is 11.9 Å². The van der Waals surface area contributed by atoms with Gasteiger partial charge >= 0.3 is 0 Å². The van der Waals surface area contributed by atoms with Gasteiger partial charge in [0.1, 0.15) is 18.9 Å². The zero-order valence-corrected chi connectivity index (χ0v) is 11.5.